The van der Waals surface area contributed by atoms with Crippen LogP contribution in [0.5, 0.6) is 0 Å². The highest BCUT2D eigenvalue weighted by Crippen LogP contribution is 2.29. The first-order chi connectivity index (χ1) is 24.5. The van der Waals surface area contributed by atoms with E-state index in [1.807, 2.05) is 77.3 Å². The number of carbonyl (C=O) groups excluding carboxylic acids is 1. The van der Waals surface area contributed by atoms with Crippen molar-refractivity contribution in [3.63, 3.8) is 0 Å². The van der Waals surface area contributed by atoms with Crippen LogP contribution in [0, 0.1) is 6.92 Å². The van der Waals surface area contributed by atoms with Gasteiger partial charge in [-0.2, -0.15) is 11.8 Å². The Kier molecular flexibility index (Phi) is 42.9. The van der Waals surface area contributed by atoms with Gasteiger partial charge in [0.1, 0.15) is 6.04 Å². The first-order valence-corrected chi connectivity index (χ1v) is 20.0. The molecule has 1 fully saturated rings. The summed E-state index contributed by atoms with van der Waals surface area (Å²) < 4.78 is 8.50. The van der Waals surface area contributed by atoms with Crippen molar-refractivity contribution in [1.29, 1.82) is 0 Å². The van der Waals surface area contributed by atoms with Crippen molar-refractivity contribution < 1.29 is 24.2 Å². The van der Waals surface area contributed by atoms with E-state index in [9.17, 15) is 14.7 Å². The fourth-order valence-corrected chi connectivity index (χ4v) is 4.88. The highest BCUT2D eigenvalue weighted by molar-refractivity contribution is 7.98. The van der Waals surface area contributed by atoms with Gasteiger partial charge in [0.15, 0.2) is 0 Å². The Morgan fingerprint density at radius 2 is 1.47 bits per heavy atom. The molecule has 1 saturated heterocycles. The van der Waals surface area contributed by atoms with Gasteiger partial charge >= 0.3 is 5.97 Å². The summed E-state index contributed by atoms with van der Waals surface area (Å²) in [5.74, 6) is -0.661. The van der Waals surface area contributed by atoms with E-state index in [0.29, 0.717) is 17.7 Å². The molecule has 0 saturated carbocycles. The normalized spacial score (nSPS) is 11.5. The van der Waals surface area contributed by atoms with Crippen LogP contribution in [0.4, 0.5) is 0 Å². The van der Waals surface area contributed by atoms with Gasteiger partial charge in [-0.15, -0.1) is 0 Å². The van der Waals surface area contributed by atoms with Crippen molar-refractivity contribution in [3.05, 3.63) is 84.0 Å². The Hall–Kier alpha value is -2.91. The van der Waals surface area contributed by atoms with E-state index >= 15 is 0 Å². The van der Waals surface area contributed by atoms with E-state index in [0.717, 1.165) is 48.3 Å². The molecule has 2 aromatic carbocycles. The van der Waals surface area contributed by atoms with E-state index < -0.39 is 12.0 Å². The molecule has 1 aliphatic rings. The zero-order valence-corrected chi connectivity index (χ0v) is 35.6. The lowest BCUT2D eigenvalue weighted by molar-refractivity contribution is -0.139. The number of amides is 1. The molecule has 294 valence electrons. The average Bonchev–Trinajstić information content (AvgIpc) is 3.66. The maximum absolute atomic E-state index is 13.1. The number of carboxylic acids is 1. The van der Waals surface area contributed by atoms with Crippen molar-refractivity contribution in [2.24, 2.45) is 0 Å². The number of aryl methyl sites for hydroxylation is 1. The Balaban J connectivity index is -0.000000434. The van der Waals surface area contributed by atoms with E-state index in [1.165, 1.54) is 37.7 Å². The zero-order chi connectivity index (χ0) is 40.0. The number of aliphatic carboxylic acids is 1. The number of benzene rings is 2. The third-order valence-electron chi connectivity index (χ3n) is 7.03. The number of carbonyl (C=O) groups is 2. The summed E-state index contributed by atoms with van der Waals surface area (Å²) in [6.45, 7) is 26.8. The van der Waals surface area contributed by atoms with Crippen LogP contribution in [0.2, 0.25) is 0 Å². The van der Waals surface area contributed by atoms with Crippen molar-refractivity contribution >= 4 is 23.6 Å². The Morgan fingerprint density at radius 3 is 1.86 bits per heavy atom. The molecule has 0 bridgehead atoms. The second-order valence-electron chi connectivity index (χ2n) is 11.2. The monoisotopic (exact) mass is 733 g/mol. The zero-order valence-electron chi connectivity index (χ0n) is 34.8. The fraction of sp³-hybridized carbons (Fsp3) is 0.581. The molecule has 2 N–H and O–H groups in total. The Bertz CT molecular complexity index is 1130. The number of methoxy groups -OCH3 is 2. The van der Waals surface area contributed by atoms with Gasteiger partial charge < -0.3 is 19.9 Å². The van der Waals surface area contributed by atoms with Crippen molar-refractivity contribution in [1.82, 2.24) is 10.2 Å². The van der Waals surface area contributed by atoms with Crippen molar-refractivity contribution in [2.45, 2.75) is 113 Å². The van der Waals surface area contributed by atoms with E-state index in [1.54, 1.807) is 46.3 Å². The molecule has 3 rings (SSSR count). The minimum absolute atomic E-state index is 0.338. The van der Waals surface area contributed by atoms with Gasteiger partial charge in [0.05, 0.1) is 0 Å². The van der Waals surface area contributed by atoms with Gasteiger partial charge in [-0.05, 0) is 92.1 Å². The number of carboxylic acid groups (broad SMARTS) is 1. The van der Waals surface area contributed by atoms with E-state index in [4.69, 9.17) is 0 Å². The molecule has 1 heterocycles. The Morgan fingerprint density at radius 1 is 0.941 bits per heavy atom. The predicted molar refractivity (Wildman–Crippen MR) is 226 cm³/mol. The van der Waals surface area contributed by atoms with Crippen LogP contribution in [-0.2, 0) is 20.8 Å². The molecule has 0 radical (unpaired) electrons. The summed E-state index contributed by atoms with van der Waals surface area (Å²) in [4.78, 5) is 27.1. The van der Waals surface area contributed by atoms with Gasteiger partial charge in [0.2, 0.25) is 0 Å². The SMILES string of the molecule is C=CC(=C)CC.CC.CC.CCCCC.COC.COC.CSCCC(NC(=O)c1ccc(CN2CCCC2)cc1-c1ccccc1C)C(=O)O. The van der Waals surface area contributed by atoms with Crippen molar-refractivity contribution in [3.8, 4) is 11.1 Å². The molecule has 51 heavy (non-hydrogen) atoms. The third-order valence-corrected chi connectivity index (χ3v) is 7.68. The van der Waals surface area contributed by atoms with Gasteiger partial charge in [-0.3, -0.25) is 9.69 Å². The smallest absolute Gasteiger partial charge is 0.326 e. The number of ether oxygens (including phenoxy) is 2. The van der Waals surface area contributed by atoms with Crippen LogP contribution in [0.3, 0.4) is 0 Å². The number of rotatable bonds is 13. The molecule has 1 unspecified atom stereocenters. The molecule has 0 aromatic heterocycles. The number of allylic oxidation sites excluding steroid dienone is 2. The summed E-state index contributed by atoms with van der Waals surface area (Å²) in [6, 6.07) is 13.0. The average molecular weight is 733 g/mol. The second kappa shape index (κ2) is 39.9. The number of unbranched alkanes of at least 4 members (excludes halogenated alkanes) is 2. The molecular formula is C43H76N2O5S. The Labute approximate surface area is 318 Å². The van der Waals surface area contributed by atoms with Crippen LogP contribution in [0.25, 0.3) is 11.1 Å². The first kappa shape index (κ1) is 54.9. The predicted octanol–water partition coefficient (Wildman–Crippen LogP) is 11.1. The number of nitrogens with zero attached hydrogens (tertiary/aromatic N) is 1. The summed E-state index contributed by atoms with van der Waals surface area (Å²) in [6.07, 6.45) is 11.7. The molecule has 1 aliphatic heterocycles. The molecule has 1 amide bonds. The quantitative estimate of drug-likeness (QED) is 0.198. The van der Waals surface area contributed by atoms with Gasteiger partial charge in [-0.25, -0.2) is 4.79 Å². The van der Waals surface area contributed by atoms with Crippen LogP contribution >= 0.6 is 11.8 Å². The lowest BCUT2D eigenvalue weighted by atomic mass is 9.93. The van der Waals surface area contributed by atoms with Crippen LogP contribution < -0.4 is 5.32 Å². The van der Waals surface area contributed by atoms with Crippen LogP contribution in [0.1, 0.15) is 115 Å². The summed E-state index contributed by atoms with van der Waals surface area (Å²) in [7, 11) is 6.50. The first-order valence-electron chi connectivity index (χ1n) is 18.6. The molecule has 7 nitrogen and oxygen atoms in total. The molecule has 0 spiro atoms. The van der Waals surface area contributed by atoms with Crippen LogP contribution in [0.15, 0.2) is 67.3 Å². The highest BCUT2D eigenvalue weighted by Gasteiger charge is 2.23. The summed E-state index contributed by atoms with van der Waals surface area (Å²) >= 11 is 1.57. The molecule has 0 aliphatic carbocycles. The molecule has 8 heteroatoms. The standard InChI is InChI=1S/C24H30N2O3S.C6H10.C5H12.2C2H6O.2C2H6/c1-17-7-3-4-8-19(17)21-15-18(16-26-12-5-6-13-26)9-10-20(21)23(27)25-22(24(28)29)11-14-30-2;1-4-6(3)5-2;1-3-5-4-2;2*1-3-2;2*1-2/h3-4,7-10,15,22H,5-6,11-14,16H2,1-2H3,(H,25,27)(H,28,29);4H,1,3,5H2,2H3;3-5H2,1-2H3;2*1-2H3;2*1-2H3. The fourth-order valence-electron chi connectivity index (χ4n) is 4.41. The molecular weight excluding hydrogens is 657 g/mol. The number of hydrogen-bond acceptors (Lipinski definition) is 6. The van der Waals surface area contributed by atoms with Gasteiger partial charge in [-0.1, -0.05) is 123 Å². The topological polar surface area (TPSA) is 88.1 Å². The molecule has 2 aromatic rings. The third kappa shape index (κ3) is 28.4. The largest absolute Gasteiger partial charge is 0.480 e. The number of nitrogens with one attached hydrogen (secondary N) is 1. The molecule has 1 atom stereocenters. The second-order valence-corrected chi connectivity index (χ2v) is 12.2. The van der Waals surface area contributed by atoms with Crippen molar-refractivity contribution in [2.75, 3.05) is 53.5 Å². The lowest BCUT2D eigenvalue weighted by Crippen LogP contribution is -2.41. The van der Waals surface area contributed by atoms with Crippen LogP contribution in [-0.4, -0.2) is 81.5 Å². The lowest BCUT2D eigenvalue weighted by Gasteiger charge is -2.19. The highest BCUT2D eigenvalue weighted by atomic mass is 32.2. The minimum Gasteiger partial charge on any atom is -0.480 e. The maximum atomic E-state index is 13.1. The van der Waals surface area contributed by atoms with Gasteiger partial charge in [0.25, 0.3) is 5.91 Å². The minimum atomic E-state index is -1.000. The summed E-state index contributed by atoms with van der Waals surface area (Å²) in [5.41, 5.74) is 5.74. The number of thioether (sulfide) groups is 1. The van der Waals surface area contributed by atoms with Gasteiger partial charge in [0, 0.05) is 40.5 Å². The number of likely N-dealkylation sites (tertiary alicyclic amines) is 1. The number of hydrogen-bond donors (Lipinski definition) is 2. The maximum Gasteiger partial charge on any atom is 0.326 e. The summed E-state index contributed by atoms with van der Waals surface area (Å²) in [5, 5.41) is 12.2. The van der Waals surface area contributed by atoms with E-state index in [-0.39, 0.29) is 5.91 Å². The van der Waals surface area contributed by atoms with E-state index in [2.05, 4.69) is 59.7 Å².